The first kappa shape index (κ1) is 35.9. The first-order valence-electron chi connectivity index (χ1n) is 20.8. The zero-order valence-electron chi connectivity index (χ0n) is 33.5. The maximum atomic E-state index is 5.15. The molecule has 0 spiro atoms. The fourth-order valence-electron chi connectivity index (χ4n) is 8.93. The Balaban J connectivity index is 0.982. The third-order valence-corrected chi connectivity index (χ3v) is 13.1. The van der Waals surface area contributed by atoms with Crippen LogP contribution in [-0.2, 0) is 0 Å². The van der Waals surface area contributed by atoms with Crippen molar-refractivity contribution < 1.29 is 0 Å². The summed E-state index contributed by atoms with van der Waals surface area (Å²) in [5, 5.41) is 4.95. The topological polar surface area (TPSA) is 43.6 Å². The number of hydrogen-bond acceptors (Lipinski definition) is 4. The number of nitrogens with zero attached hydrogens (tertiary/aromatic N) is 4. The second-order valence-electron chi connectivity index (χ2n) is 15.6. The lowest BCUT2D eigenvalue weighted by atomic mass is 9.93. The Morgan fingerprint density at radius 2 is 0.839 bits per heavy atom. The largest absolute Gasteiger partial charge is 0.309 e. The van der Waals surface area contributed by atoms with Gasteiger partial charge in [-0.2, -0.15) is 0 Å². The minimum absolute atomic E-state index is 0.643. The van der Waals surface area contributed by atoms with Crippen LogP contribution in [0.3, 0.4) is 0 Å². The van der Waals surface area contributed by atoms with Crippen molar-refractivity contribution in [3.8, 4) is 73.2 Å². The molecule has 9 aromatic carbocycles. The number of aromatic nitrogens is 4. The van der Waals surface area contributed by atoms with Crippen LogP contribution in [0.15, 0.2) is 218 Å². The molecule has 3 aromatic heterocycles. The molecule has 5 heteroatoms. The highest BCUT2D eigenvalue weighted by molar-refractivity contribution is 7.26. The number of fused-ring (bicyclic) bond motifs is 6. The van der Waals surface area contributed by atoms with Crippen molar-refractivity contribution in [2.45, 2.75) is 0 Å². The Bertz CT molecular complexity index is 3630. The van der Waals surface area contributed by atoms with Crippen molar-refractivity contribution in [3.05, 3.63) is 218 Å². The van der Waals surface area contributed by atoms with Crippen molar-refractivity contribution in [2.24, 2.45) is 0 Å². The van der Waals surface area contributed by atoms with Crippen LogP contribution in [0.5, 0.6) is 0 Å². The normalized spacial score (nSPS) is 11.5. The summed E-state index contributed by atoms with van der Waals surface area (Å²) in [7, 11) is 0. The molecule has 0 fully saturated rings. The maximum absolute atomic E-state index is 5.15. The molecule has 12 rings (SSSR count). The lowest BCUT2D eigenvalue weighted by Crippen LogP contribution is -2.00. The summed E-state index contributed by atoms with van der Waals surface area (Å²) >= 11 is 1.83. The molecule has 0 atom stereocenters. The molecule has 0 aliphatic heterocycles. The van der Waals surface area contributed by atoms with Crippen molar-refractivity contribution in [1.82, 2.24) is 19.5 Å². The Hall–Kier alpha value is -7.99. The second-order valence-corrected chi connectivity index (χ2v) is 16.6. The molecule has 4 nitrogen and oxygen atoms in total. The lowest BCUT2D eigenvalue weighted by molar-refractivity contribution is 1.07. The van der Waals surface area contributed by atoms with E-state index in [0.717, 1.165) is 33.5 Å². The van der Waals surface area contributed by atoms with Gasteiger partial charge in [0.05, 0.1) is 11.0 Å². The van der Waals surface area contributed by atoms with Gasteiger partial charge in [-0.05, 0) is 64.2 Å². The molecule has 0 N–H and O–H groups in total. The maximum Gasteiger partial charge on any atom is 0.164 e. The standard InChI is InChI=1S/C57H36N4S/c1-4-16-37(17-5-1)39-20-14-21-41(34-39)56-58-55(38-18-6-2-7-19-38)59-57(60-56)42-31-33-48-50-28-15-27-49(54(50)62-53(48)36-42)45-25-11-10-24-44(45)40-30-32-47-46-26-12-13-29-51(46)61(52(47)35-40)43-22-8-3-9-23-43/h1-36H. The van der Waals surface area contributed by atoms with Crippen LogP contribution >= 0.6 is 11.3 Å². The molecule has 3 heterocycles. The number of benzene rings is 9. The van der Waals surface area contributed by atoms with Gasteiger partial charge in [-0.3, -0.25) is 0 Å². The van der Waals surface area contributed by atoms with E-state index < -0.39 is 0 Å². The Morgan fingerprint density at radius 1 is 0.306 bits per heavy atom. The molecule has 0 bridgehead atoms. The fourth-order valence-corrected chi connectivity index (χ4v) is 10.2. The molecule has 62 heavy (non-hydrogen) atoms. The van der Waals surface area contributed by atoms with E-state index in [1.54, 1.807) is 0 Å². The lowest BCUT2D eigenvalue weighted by Gasteiger charge is -2.13. The molecular formula is C57H36N4S. The van der Waals surface area contributed by atoms with Gasteiger partial charge in [0, 0.05) is 58.9 Å². The van der Waals surface area contributed by atoms with E-state index in [-0.39, 0.29) is 0 Å². The molecular weight excluding hydrogens is 773 g/mol. The van der Waals surface area contributed by atoms with Gasteiger partial charge in [0.15, 0.2) is 17.5 Å². The highest BCUT2D eigenvalue weighted by atomic mass is 32.1. The number of para-hydroxylation sites is 2. The second kappa shape index (κ2) is 14.9. The van der Waals surface area contributed by atoms with E-state index in [1.807, 2.05) is 35.6 Å². The molecule has 0 saturated carbocycles. The summed E-state index contributed by atoms with van der Waals surface area (Å²) in [5.74, 6) is 1.94. The summed E-state index contributed by atoms with van der Waals surface area (Å²) in [5.41, 5.74) is 13.5. The SMILES string of the molecule is c1ccc(-c2cccc(-c3nc(-c4ccccc4)nc(-c4ccc5c(c4)sc4c(-c6ccccc6-c6ccc7c8ccccc8n(-c8ccccc8)c7c6)cccc45)n3)c2)cc1. The summed E-state index contributed by atoms with van der Waals surface area (Å²) in [6, 6.07) is 77.5. The number of thiophene rings is 1. The van der Waals surface area contributed by atoms with Gasteiger partial charge in [-0.25, -0.2) is 15.0 Å². The Kier molecular flexibility index (Phi) is 8.65. The van der Waals surface area contributed by atoms with Gasteiger partial charge >= 0.3 is 0 Å². The van der Waals surface area contributed by atoms with Crippen molar-refractivity contribution in [1.29, 1.82) is 0 Å². The van der Waals surface area contributed by atoms with Crippen LogP contribution in [0.4, 0.5) is 0 Å². The van der Waals surface area contributed by atoms with Gasteiger partial charge in [0.2, 0.25) is 0 Å². The summed E-state index contributed by atoms with van der Waals surface area (Å²) < 4.78 is 4.83. The molecule has 0 saturated heterocycles. The van der Waals surface area contributed by atoms with Crippen molar-refractivity contribution in [2.75, 3.05) is 0 Å². The van der Waals surface area contributed by atoms with Gasteiger partial charge in [0.1, 0.15) is 0 Å². The molecule has 0 radical (unpaired) electrons. The van der Waals surface area contributed by atoms with E-state index in [2.05, 4.69) is 199 Å². The van der Waals surface area contributed by atoms with Crippen LogP contribution in [0, 0.1) is 0 Å². The highest BCUT2D eigenvalue weighted by Crippen LogP contribution is 2.44. The van der Waals surface area contributed by atoms with Gasteiger partial charge in [-0.1, -0.05) is 182 Å². The molecule has 290 valence electrons. The average molecular weight is 809 g/mol. The third-order valence-electron chi connectivity index (χ3n) is 11.9. The predicted molar refractivity (Wildman–Crippen MR) is 260 cm³/mol. The zero-order chi connectivity index (χ0) is 41.0. The van der Waals surface area contributed by atoms with Crippen LogP contribution in [0.25, 0.3) is 115 Å². The fraction of sp³-hybridized carbons (Fsp3) is 0. The van der Waals surface area contributed by atoms with Crippen LogP contribution < -0.4 is 0 Å². The van der Waals surface area contributed by atoms with Crippen LogP contribution in [-0.4, -0.2) is 19.5 Å². The zero-order valence-corrected chi connectivity index (χ0v) is 34.3. The smallest absolute Gasteiger partial charge is 0.164 e. The Morgan fingerprint density at radius 3 is 1.63 bits per heavy atom. The molecule has 0 aliphatic carbocycles. The highest BCUT2D eigenvalue weighted by Gasteiger charge is 2.19. The quantitative estimate of drug-likeness (QED) is 0.161. The van der Waals surface area contributed by atoms with Crippen molar-refractivity contribution >= 4 is 53.3 Å². The van der Waals surface area contributed by atoms with Crippen LogP contribution in [0.2, 0.25) is 0 Å². The van der Waals surface area contributed by atoms with E-state index in [1.165, 1.54) is 64.2 Å². The van der Waals surface area contributed by atoms with E-state index in [0.29, 0.717) is 17.5 Å². The van der Waals surface area contributed by atoms with E-state index in [9.17, 15) is 0 Å². The van der Waals surface area contributed by atoms with Gasteiger partial charge in [0.25, 0.3) is 0 Å². The first-order valence-corrected chi connectivity index (χ1v) is 21.7. The minimum Gasteiger partial charge on any atom is -0.309 e. The minimum atomic E-state index is 0.643. The first-order chi connectivity index (χ1) is 30.7. The molecule has 12 aromatic rings. The molecule has 0 unspecified atom stereocenters. The van der Waals surface area contributed by atoms with Crippen LogP contribution in [0.1, 0.15) is 0 Å². The van der Waals surface area contributed by atoms with E-state index in [4.69, 9.17) is 15.0 Å². The predicted octanol–water partition coefficient (Wildman–Crippen LogP) is 15.3. The molecule has 0 aliphatic rings. The van der Waals surface area contributed by atoms with Crippen molar-refractivity contribution in [3.63, 3.8) is 0 Å². The molecule has 0 amide bonds. The summed E-state index contributed by atoms with van der Waals surface area (Å²) in [4.78, 5) is 15.3. The monoisotopic (exact) mass is 808 g/mol. The summed E-state index contributed by atoms with van der Waals surface area (Å²) in [6.07, 6.45) is 0. The number of rotatable bonds is 7. The average Bonchev–Trinajstić information content (AvgIpc) is 3.90. The third kappa shape index (κ3) is 6.18. The Labute approximate surface area is 362 Å². The van der Waals surface area contributed by atoms with Gasteiger partial charge in [-0.15, -0.1) is 11.3 Å². The number of hydrogen-bond donors (Lipinski definition) is 0. The van der Waals surface area contributed by atoms with E-state index >= 15 is 0 Å². The summed E-state index contributed by atoms with van der Waals surface area (Å²) in [6.45, 7) is 0. The van der Waals surface area contributed by atoms with Gasteiger partial charge < -0.3 is 4.57 Å².